The number of hydrogen-bond acceptors (Lipinski definition) is 4. The van der Waals surface area contributed by atoms with E-state index in [-0.39, 0.29) is 5.41 Å². The van der Waals surface area contributed by atoms with E-state index < -0.39 is 0 Å². The molecule has 18 heavy (non-hydrogen) atoms. The maximum atomic E-state index is 5.85. The summed E-state index contributed by atoms with van der Waals surface area (Å²) in [4.78, 5) is 8.72. The first-order valence-corrected chi connectivity index (χ1v) is 7.62. The number of hydrogen-bond donors (Lipinski definition) is 1. The molecule has 2 heterocycles. The molecule has 0 radical (unpaired) electrons. The van der Waals surface area contributed by atoms with E-state index in [1.54, 1.807) is 0 Å². The molecule has 102 valence electrons. The molecule has 0 saturated carbocycles. The summed E-state index contributed by atoms with van der Waals surface area (Å²) in [6, 6.07) is 0. The minimum absolute atomic E-state index is 0.0130. The number of piperidine rings is 1. The number of likely N-dealkylation sites (tertiary alicyclic amines) is 1. The molecule has 1 saturated heterocycles. The number of thiazole rings is 1. The Balaban J connectivity index is 2.19. The zero-order valence-corrected chi connectivity index (χ0v) is 12.8. The molecule has 0 aliphatic carbocycles. The summed E-state index contributed by atoms with van der Waals surface area (Å²) in [7, 11) is 2.20. The second-order valence-electron chi connectivity index (χ2n) is 6.13. The Hall–Kier alpha value is -0.450. The van der Waals surface area contributed by atoms with Gasteiger partial charge in [0.25, 0.3) is 0 Å². The lowest BCUT2D eigenvalue weighted by Crippen LogP contribution is -2.30. The van der Waals surface area contributed by atoms with Crippen molar-refractivity contribution >= 4 is 11.3 Å². The largest absolute Gasteiger partial charge is 0.330 e. The first kappa shape index (κ1) is 14.0. The van der Waals surface area contributed by atoms with Gasteiger partial charge in [0.15, 0.2) is 0 Å². The molecule has 0 unspecified atom stereocenters. The van der Waals surface area contributed by atoms with E-state index in [4.69, 9.17) is 10.7 Å². The third kappa shape index (κ3) is 2.76. The third-order valence-corrected chi connectivity index (χ3v) is 5.38. The van der Waals surface area contributed by atoms with Gasteiger partial charge >= 0.3 is 0 Å². The lowest BCUT2D eigenvalue weighted by atomic mass is 9.92. The Bertz CT molecular complexity index is 403. The van der Waals surface area contributed by atoms with Crippen molar-refractivity contribution in [3.05, 3.63) is 15.6 Å². The average molecular weight is 267 g/mol. The zero-order chi connectivity index (χ0) is 13.3. The molecular formula is C14H25N3S. The molecule has 2 rings (SSSR count). The van der Waals surface area contributed by atoms with Crippen molar-refractivity contribution in [3.63, 3.8) is 0 Å². The molecule has 0 atom stereocenters. The maximum Gasteiger partial charge on any atom is 0.1000 e. The molecule has 0 spiro atoms. The minimum atomic E-state index is 0.0130. The minimum Gasteiger partial charge on any atom is -0.330 e. The number of aromatic nitrogens is 1. The first-order chi connectivity index (χ1) is 8.44. The summed E-state index contributed by atoms with van der Waals surface area (Å²) in [6.07, 6.45) is 2.48. The van der Waals surface area contributed by atoms with Gasteiger partial charge in [-0.25, -0.2) is 4.98 Å². The summed E-state index contributed by atoms with van der Waals surface area (Å²) in [5, 5.41) is 1.21. The monoisotopic (exact) mass is 267 g/mol. The van der Waals surface area contributed by atoms with Gasteiger partial charge in [0.1, 0.15) is 0 Å². The Morgan fingerprint density at radius 3 is 2.56 bits per heavy atom. The van der Waals surface area contributed by atoms with Crippen molar-refractivity contribution < 1.29 is 0 Å². The van der Waals surface area contributed by atoms with Crippen LogP contribution in [0.25, 0.3) is 0 Å². The topological polar surface area (TPSA) is 42.1 Å². The van der Waals surface area contributed by atoms with Gasteiger partial charge < -0.3 is 10.6 Å². The van der Waals surface area contributed by atoms with E-state index in [9.17, 15) is 0 Å². The van der Waals surface area contributed by atoms with Crippen LogP contribution in [-0.4, -0.2) is 36.6 Å². The van der Waals surface area contributed by atoms with E-state index in [1.807, 2.05) is 11.3 Å². The molecule has 3 nitrogen and oxygen atoms in total. The van der Waals surface area contributed by atoms with Crippen LogP contribution in [0.4, 0.5) is 0 Å². The van der Waals surface area contributed by atoms with Gasteiger partial charge in [0.2, 0.25) is 0 Å². The van der Waals surface area contributed by atoms with E-state index in [0.717, 1.165) is 0 Å². The fourth-order valence-electron chi connectivity index (χ4n) is 2.45. The van der Waals surface area contributed by atoms with Crippen molar-refractivity contribution in [1.82, 2.24) is 9.88 Å². The predicted octanol–water partition coefficient (Wildman–Crippen LogP) is 2.50. The average Bonchev–Trinajstić information content (AvgIpc) is 2.73. The van der Waals surface area contributed by atoms with Crippen molar-refractivity contribution in [2.75, 3.05) is 26.7 Å². The Morgan fingerprint density at radius 1 is 1.39 bits per heavy atom. The fourth-order valence-corrected chi connectivity index (χ4v) is 3.56. The standard InChI is InChI=1S/C14H25N3S/c1-10-12(11-5-7-17(4)8-6-11)16-13(18-10)14(2,3)9-15/h11H,5-9,15H2,1-4H3. The molecular weight excluding hydrogens is 242 g/mol. The first-order valence-electron chi connectivity index (χ1n) is 6.80. The van der Waals surface area contributed by atoms with Crippen LogP contribution in [0.2, 0.25) is 0 Å². The molecule has 1 aliphatic heterocycles. The summed E-state index contributed by atoms with van der Waals surface area (Å²) in [5.41, 5.74) is 7.20. The lowest BCUT2D eigenvalue weighted by Gasteiger charge is -2.28. The summed E-state index contributed by atoms with van der Waals surface area (Å²) < 4.78 is 0. The lowest BCUT2D eigenvalue weighted by molar-refractivity contribution is 0.253. The highest BCUT2D eigenvalue weighted by Gasteiger charge is 2.28. The van der Waals surface area contributed by atoms with Crippen LogP contribution >= 0.6 is 11.3 Å². The van der Waals surface area contributed by atoms with Crippen molar-refractivity contribution in [2.45, 2.75) is 44.9 Å². The van der Waals surface area contributed by atoms with Crippen LogP contribution in [0.5, 0.6) is 0 Å². The van der Waals surface area contributed by atoms with E-state index in [0.29, 0.717) is 12.5 Å². The van der Waals surface area contributed by atoms with Gasteiger partial charge in [-0.15, -0.1) is 11.3 Å². The number of rotatable bonds is 3. The molecule has 1 aromatic rings. The highest BCUT2D eigenvalue weighted by molar-refractivity contribution is 7.11. The predicted molar refractivity (Wildman–Crippen MR) is 78.4 cm³/mol. The van der Waals surface area contributed by atoms with Gasteiger partial charge in [-0.2, -0.15) is 0 Å². The van der Waals surface area contributed by atoms with Gasteiger partial charge in [-0.3, -0.25) is 0 Å². The van der Waals surface area contributed by atoms with Gasteiger partial charge in [-0.1, -0.05) is 13.8 Å². The number of nitrogens with two attached hydrogens (primary N) is 1. The van der Waals surface area contributed by atoms with Crippen LogP contribution in [0, 0.1) is 6.92 Å². The zero-order valence-electron chi connectivity index (χ0n) is 12.0. The second-order valence-corrected chi connectivity index (χ2v) is 7.33. The van der Waals surface area contributed by atoms with Crippen LogP contribution < -0.4 is 5.73 Å². The Labute approximate surface area is 114 Å². The quantitative estimate of drug-likeness (QED) is 0.915. The molecule has 1 aromatic heterocycles. The van der Waals surface area contributed by atoms with Crippen LogP contribution in [0.1, 0.15) is 48.2 Å². The maximum absolute atomic E-state index is 5.85. The molecule has 0 amide bonds. The molecule has 0 bridgehead atoms. The fraction of sp³-hybridized carbons (Fsp3) is 0.786. The van der Waals surface area contributed by atoms with E-state index >= 15 is 0 Å². The van der Waals surface area contributed by atoms with E-state index in [2.05, 4.69) is 32.7 Å². The van der Waals surface area contributed by atoms with Crippen molar-refractivity contribution in [1.29, 1.82) is 0 Å². The Kier molecular flexibility index (Phi) is 4.09. The van der Waals surface area contributed by atoms with Gasteiger partial charge in [0.05, 0.1) is 10.7 Å². The molecule has 2 N–H and O–H groups in total. The van der Waals surface area contributed by atoms with Crippen LogP contribution in [0.3, 0.4) is 0 Å². The number of nitrogens with zero attached hydrogens (tertiary/aromatic N) is 2. The summed E-state index contributed by atoms with van der Waals surface area (Å²) in [6.45, 7) is 9.62. The SMILES string of the molecule is Cc1sc(C(C)(C)CN)nc1C1CCN(C)CC1. The summed E-state index contributed by atoms with van der Waals surface area (Å²) in [5.74, 6) is 0.653. The van der Waals surface area contributed by atoms with Crippen molar-refractivity contribution in [2.24, 2.45) is 5.73 Å². The van der Waals surface area contributed by atoms with E-state index in [1.165, 1.54) is 41.5 Å². The van der Waals surface area contributed by atoms with Crippen LogP contribution in [0.15, 0.2) is 0 Å². The molecule has 1 fully saturated rings. The number of aryl methyl sites for hydroxylation is 1. The normalized spacial score (nSPS) is 19.4. The smallest absolute Gasteiger partial charge is 0.1000 e. The Morgan fingerprint density at radius 2 is 2.00 bits per heavy atom. The van der Waals surface area contributed by atoms with Gasteiger partial charge in [-0.05, 0) is 39.9 Å². The molecule has 1 aliphatic rings. The molecule has 0 aromatic carbocycles. The third-order valence-electron chi connectivity index (χ3n) is 4.03. The van der Waals surface area contributed by atoms with Crippen LogP contribution in [-0.2, 0) is 5.41 Å². The van der Waals surface area contributed by atoms with Gasteiger partial charge in [0, 0.05) is 22.8 Å². The highest BCUT2D eigenvalue weighted by atomic mass is 32.1. The summed E-state index contributed by atoms with van der Waals surface area (Å²) >= 11 is 1.84. The highest BCUT2D eigenvalue weighted by Crippen LogP contribution is 2.35. The molecule has 4 heteroatoms. The second kappa shape index (κ2) is 5.27. The van der Waals surface area contributed by atoms with Crippen molar-refractivity contribution in [3.8, 4) is 0 Å².